The predicted molar refractivity (Wildman–Crippen MR) is 106 cm³/mol. The average Bonchev–Trinajstić information content (AvgIpc) is 3.22. The fourth-order valence-electron chi connectivity index (χ4n) is 3.04. The predicted octanol–water partition coefficient (Wildman–Crippen LogP) is 1.07. The molecule has 28 heavy (non-hydrogen) atoms. The molecule has 0 amide bonds. The van der Waals surface area contributed by atoms with Gasteiger partial charge in [-0.2, -0.15) is 4.98 Å². The largest absolute Gasteiger partial charge is 0.394 e. The molecule has 2 aromatic heterocycles. The number of nitrogens with zero attached hydrogens (tertiary/aromatic N) is 4. The Morgan fingerprint density at radius 1 is 1.18 bits per heavy atom. The molecule has 0 saturated carbocycles. The molecule has 148 valence electrons. The van der Waals surface area contributed by atoms with Gasteiger partial charge in [-0.3, -0.25) is 4.57 Å². The number of aliphatic hydroxyl groups is 3. The van der Waals surface area contributed by atoms with Gasteiger partial charge in [-0.1, -0.05) is 39.8 Å². The molecule has 11 heteroatoms. The number of nitrogen functional groups attached to an aromatic ring is 1. The van der Waals surface area contributed by atoms with Crippen molar-refractivity contribution in [2.75, 3.05) is 12.3 Å². The highest BCUT2D eigenvalue weighted by atomic mass is 79.9. The van der Waals surface area contributed by atoms with E-state index in [0.717, 1.165) is 10.0 Å². The van der Waals surface area contributed by atoms with Crippen molar-refractivity contribution in [2.45, 2.75) is 35.3 Å². The quantitative estimate of drug-likeness (QED) is 0.320. The molecule has 0 spiro atoms. The van der Waals surface area contributed by atoms with Gasteiger partial charge < -0.3 is 25.8 Å². The molecule has 3 aromatic rings. The maximum Gasteiger partial charge on any atom is 0.223 e. The lowest BCUT2D eigenvalue weighted by atomic mass is 10.1. The van der Waals surface area contributed by atoms with Gasteiger partial charge in [0.05, 0.1) is 12.9 Å². The van der Waals surface area contributed by atoms with Crippen LogP contribution in [0.5, 0.6) is 0 Å². The highest BCUT2D eigenvalue weighted by Crippen LogP contribution is 2.34. The number of fused-ring (bicyclic) bond motifs is 1. The molecular weight excluding hydrogens is 450 g/mol. The Bertz CT molecular complexity index is 986. The van der Waals surface area contributed by atoms with E-state index in [0.29, 0.717) is 21.9 Å². The summed E-state index contributed by atoms with van der Waals surface area (Å²) in [5.41, 5.74) is 7.90. The van der Waals surface area contributed by atoms with Crippen molar-refractivity contribution in [2.24, 2.45) is 0 Å². The van der Waals surface area contributed by atoms with Crippen LogP contribution in [0.4, 0.5) is 5.95 Å². The summed E-state index contributed by atoms with van der Waals surface area (Å²) in [7, 11) is 0. The van der Waals surface area contributed by atoms with Gasteiger partial charge in [0.2, 0.25) is 5.95 Å². The number of hydrogen-bond acceptors (Lipinski definition) is 9. The Morgan fingerprint density at radius 2 is 1.93 bits per heavy atom. The second-order valence-electron chi connectivity index (χ2n) is 6.36. The summed E-state index contributed by atoms with van der Waals surface area (Å²) in [6, 6.07) is 7.96. The minimum Gasteiger partial charge on any atom is -0.394 e. The summed E-state index contributed by atoms with van der Waals surface area (Å²) in [6.45, 7) is -0.410. The number of hydrogen-bond donors (Lipinski definition) is 4. The third kappa shape index (κ3) is 3.61. The van der Waals surface area contributed by atoms with Crippen LogP contribution in [0.1, 0.15) is 11.8 Å². The molecule has 1 aliphatic rings. The molecule has 4 rings (SSSR count). The average molecular weight is 468 g/mol. The lowest BCUT2D eigenvalue weighted by Gasteiger charge is -2.16. The molecule has 0 unspecified atom stereocenters. The number of halogens is 1. The van der Waals surface area contributed by atoms with Crippen LogP contribution in [0, 0.1) is 0 Å². The number of rotatable bonds is 5. The number of imidazole rings is 1. The van der Waals surface area contributed by atoms with Crippen molar-refractivity contribution in [3.8, 4) is 0 Å². The van der Waals surface area contributed by atoms with Gasteiger partial charge in [0.25, 0.3) is 0 Å². The summed E-state index contributed by atoms with van der Waals surface area (Å²) in [5, 5.41) is 30.2. The molecule has 0 aliphatic carbocycles. The van der Waals surface area contributed by atoms with Crippen molar-refractivity contribution >= 4 is 44.8 Å². The molecule has 4 atom stereocenters. The van der Waals surface area contributed by atoms with Gasteiger partial charge >= 0.3 is 0 Å². The van der Waals surface area contributed by atoms with Crippen molar-refractivity contribution in [1.29, 1.82) is 0 Å². The number of ether oxygens (including phenoxy) is 1. The summed E-state index contributed by atoms with van der Waals surface area (Å²) in [6.07, 6.45) is -2.80. The third-order valence-corrected chi connectivity index (χ3v) is 6.05. The minimum absolute atomic E-state index is 0.0688. The van der Waals surface area contributed by atoms with Gasteiger partial charge in [-0.15, -0.1) is 0 Å². The maximum atomic E-state index is 10.3. The zero-order chi connectivity index (χ0) is 19.8. The van der Waals surface area contributed by atoms with Gasteiger partial charge in [0.1, 0.15) is 28.9 Å². The second-order valence-corrected chi connectivity index (χ2v) is 8.23. The second kappa shape index (κ2) is 7.93. The van der Waals surface area contributed by atoms with Crippen molar-refractivity contribution in [3.63, 3.8) is 0 Å². The Balaban J connectivity index is 1.64. The number of aromatic nitrogens is 4. The zero-order valence-electron chi connectivity index (χ0n) is 14.5. The van der Waals surface area contributed by atoms with E-state index in [-0.39, 0.29) is 5.95 Å². The Morgan fingerprint density at radius 3 is 2.61 bits per heavy atom. The molecule has 5 N–H and O–H groups in total. The fourth-order valence-corrected chi connectivity index (χ4v) is 4.23. The van der Waals surface area contributed by atoms with Gasteiger partial charge in [0.15, 0.2) is 11.9 Å². The van der Waals surface area contributed by atoms with Crippen LogP contribution in [0.15, 0.2) is 40.1 Å². The van der Waals surface area contributed by atoms with Crippen LogP contribution < -0.4 is 5.73 Å². The number of aliphatic hydroxyl groups excluding tert-OH is 3. The lowest BCUT2D eigenvalue weighted by Crippen LogP contribution is -2.33. The van der Waals surface area contributed by atoms with Gasteiger partial charge in [0, 0.05) is 10.2 Å². The normalized spacial score (nSPS) is 24.9. The summed E-state index contributed by atoms with van der Waals surface area (Å²) in [4.78, 5) is 12.9. The zero-order valence-corrected chi connectivity index (χ0v) is 16.9. The van der Waals surface area contributed by atoms with Crippen LogP contribution in [0.2, 0.25) is 0 Å². The Hall–Kier alpha value is -1.76. The van der Waals surface area contributed by atoms with Crippen LogP contribution in [0.25, 0.3) is 11.2 Å². The monoisotopic (exact) mass is 467 g/mol. The summed E-state index contributed by atoms with van der Waals surface area (Å²) >= 11 is 4.88. The first-order valence-corrected chi connectivity index (χ1v) is 10.3. The topological polar surface area (TPSA) is 140 Å². The smallest absolute Gasteiger partial charge is 0.223 e. The molecule has 9 nitrogen and oxygen atoms in total. The van der Waals surface area contributed by atoms with Gasteiger partial charge in [-0.05, 0) is 17.7 Å². The van der Waals surface area contributed by atoms with E-state index in [4.69, 9.17) is 10.5 Å². The minimum atomic E-state index is -1.23. The summed E-state index contributed by atoms with van der Waals surface area (Å²) < 4.78 is 8.08. The van der Waals surface area contributed by atoms with E-state index in [9.17, 15) is 15.3 Å². The Labute approximate surface area is 172 Å². The van der Waals surface area contributed by atoms with E-state index >= 15 is 0 Å². The van der Waals surface area contributed by atoms with Crippen molar-refractivity contribution in [1.82, 2.24) is 19.5 Å². The first kappa shape index (κ1) is 19.6. The molecule has 1 aromatic carbocycles. The van der Waals surface area contributed by atoms with E-state index in [1.807, 2.05) is 24.3 Å². The van der Waals surface area contributed by atoms with Crippen molar-refractivity contribution < 1.29 is 20.1 Å². The first-order chi connectivity index (χ1) is 13.5. The van der Waals surface area contributed by atoms with E-state index in [1.54, 1.807) is 0 Å². The molecule has 1 aliphatic heterocycles. The molecule has 3 heterocycles. The molecule has 1 fully saturated rings. The highest BCUT2D eigenvalue weighted by Gasteiger charge is 2.44. The molecular formula is C17H18BrN5O4S. The van der Waals surface area contributed by atoms with Crippen LogP contribution in [0.3, 0.4) is 0 Å². The molecule has 1 saturated heterocycles. The number of benzene rings is 1. The Kier molecular flexibility index (Phi) is 5.54. The third-order valence-electron chi connectivity index (χ3n) is 4.49. The van der Waals surface area contributed by atoms with Crippen LogP contribution >= 0.6 is 27.7 Å². The van der Waals surface area contributed by atoms with Gasteiger partial charge in [-0.25, -0.2) is 9.97 Å². The van der Waals surface area contributed by atoms with Crippen molar-refractivity contribution in [3.05, 3.63) is 40.6 Å². The highest BCUT2D eigenvalue weighted by molar-refractivity contribution is 9.10. The standard InChI is InChI=1S/C17H18BrN5O4S/c18-9-3-1-8(2-4-9)6-28-15-11-14(21-17(19)22-15)23(7-20-11)16-13(26)12(25)10(5-24)27-16/h1-4,7,10,12-13,16,24-26H,5-6H2,(H2,19,21,22)/t10-,12+,13-,16+/m0/s1. The number of nitrogens with two attached hydrogens (primary N) is 1. The van der Waals surface area contributed by atoms with Crippen LogP contribution in [-0.2, 0) is 10.5 Å². The van der Waals surface area contributed by atoms with E-state index < -0.39 is 31.1 Å². The molecule has 0 radical (unpaired) electrons. The first-order valence-electron chi connectivity index (χ1n) is 8.47. The maximum absolute atomic E-state index is 10.3. The number of thioether (sulfide) groups is 1. The van der Waals surface area contributed by atoms with E-state index in [2.05, 4.69) is 30.9 Å². The fraction of sp³-hybridized carbons (Fsp3) is 0.353. The molecule has 0 bridgehead atoms. The van der Waals surface area contributed by atoms with Crippen LogP contribution in [-0.4, -0.2) is 59.8 Å². The number of anilines is 1. The lowest BCUT2D eigenvalue weighted by molar-refractivity contribution is -0.0511. The van der Waals surface area contributed by atoms with E-state index in [1.165, 1.54) is 22.7 Å². The SMILES string of the molecule is Nc1nc(SCc2ccc(Br)cc2)c2ncn([C@@H]3O[C@@H](CO)[C@@H](O)[C@@H]3O)c2n1. The summed E-state index contributed by atoms with van der Waals surface area (Å²) in [5.74, 6) is 0.735.